The fourth-order valence-corrected chi connectivity index (χ4v) is 1.64. The maximum absolute atomic E-state index is 10.8. The number of carboxylic acid groups (broad SMARTS) is 1. The van der Waals surface area contributed by atoms with Gasteiger partial charge in [0, 0.05) is 5.39 Å². The van der Waals surface area contributed by atoms with Crippen molar-refractivity contribution >= 4 is 22.4 Å². The Labute approximate surface area is 92.3 Å². The van der Waals surface area contributed by atoms with E-state index < -0.39 is 5.97 Å². The lowest BCUT2D eigenvalue weighted by Gasteiger charge is -2.08. The average Bonchev–Trinajstić information content (AvgIpc) is 2.29. The van der Waals surface area contributed by atoms with Crippen LogP contribution in [0.4, 0.5) is 5.69 Å². The smallest absolute Gasteiger partial charge is 0.335 e. The molecule has 0 radical (unpaired) electrons. The molecule has 0 aromatic heterocycles. The fraction of sp³-hybridized carbons (Fsp3) is 0.0833. The van der Waals surface area contributed by atoms with Crippen LogP contribution in [-0.4, -0.2) is 18.2 Å². The summed E-state index contributed by atoms with van der Waals surface area (Å²) in [6.07, 6.45) is 0. The summed E-state index contributed by atoms with van der Waals surface area (Å²) >= 11 is 0. The van der Waals surface area contributed by atoms with Gasteiger partial charge in [0.25, 0.3) is 0 Å². The van der Waals surface area contributed by atoms with Crippen LogP contribution in [0.2, 0.25) is 0 Å². The van der Waals surface area contributed by atoms with Crippen molar-refractivity contribution in [3.8, 4) is 5.75 Å². The Bertz CT molecular complexity index is 563. The summed E-state index contributed by atoms with van der Waals surface area (Å²) in [5, 5.41) is 10.4. The normalized spacial score (nSPS) is 10.3. The molecule has 0 unspecified atom stereocenters. The maximum atomic E-state index is 10.8. The first-order valence-electron chi connectivity index (χ1n) is 4.73. The van der Waals surface area contributed by atoms with Gasteiger partial charge in [-0.25, -0.2) is 4.79 Å². The van der Waals surface area contributed by atoms with Crippen molar-refractivity contribution in [1.82, 2.24) is 0 Å². The van der Waals surface area contributed by atoms with Crippen LogP contribution in [0, 0.1) is 0 Å². The predicted molar refractivity (Wildman–Crippen MR) is 61.9 cm³/mol. The third-order valence-corrected chi connectivity index (χ3v) is 2.49. The molecule has 0 spiro atoms. The number of ether oxygens (including phenoxy) is 1. The Kier molecular flexibility index (Phi) is 2.40. The van der Waals surface area contributed by atoms with Crippen molar-refractivity contribution in [1.29, 1.82) is 0 Å². The number of carbonyl (C=O) groups is 1. The van der Waals surface area contributed by atoms with E-state index >= 15 is 0 Å². The molecule has 0 aliphatic rings. The molecule has 0 heterocycles. The number of nitrogen functional groups attached to an aromatic ring is 1. The summed E-state index contributed by atoms with van der Waals surface area (Å²) in [6, 6.07) is 8.32. The van der Waals surface area contributed by atoms with Gasteiger partial charge < -0.3 is 15.6 Å². The minimum atomic E-state index is -0.948. The lowest BCUT2D eigenvalue weighted by atomic mass is 10.1. The molecule has 82 valence electrons. The number of rotatable bonds is 2. The maximum Gasteiger partial charge on any atom is 0.335 e. The van der Waals surface area contributed by atoms with Crippen molar-refractivity contribution in [3.05, 3.63) is 35.9 Å². The van der Waals surface area contributed by atoms with Crippen LogP contribution in [0.15, 0.2) is 30.3 Å². The Morgan fingerprint density at radius 3 is 2.69 bits per heavy atom. The van der Waals surface area contributed by atoms with E-state index in [0.717, 1.165) is 10.8 Å². The number of aromatic carboxylic acids is 1. The number of methoxy groups -OCH3 is 1. The monoisotopic (exact) mass is 217 g/mol. The van der Waals surface area contributed by atoms with Gasteiger partial charge in [0.05, 0.1) is 18.4 Å². The molecule has 0 fully saturated rings. The van der Waals surface area contributed by atoms with E-state index in [-0.39, 0.29) is 5.56 Å². The van der Waals surface area contributed by atoms with E-state index in [1.54, 1.807) is 31.4 Å². The third-order valence-electron chi connectivity index (χ3n) is 2.49. The Morgan fingerprint density at radius 1 is 1.31 bits per heavy atom. The standard InChI is InChI=1S/C12H11NO3/c1-16-10-5-3-7-6-8(12(14)15)2-4-9(7)11(10)13/h2-6H,13H2,1H3,(H,14,15). The van der Waals surface area contributed by atoms with Gasteiger partial charge in [-0.2, -0.15) is 0 Å². The molecule has 2 aromatic carbocycles. The Balaban J connectivity index is 2.69. The second kappa shape index (κ2) is 3.73. The number of anilines is 1. The Morgan fingerprint density at radius 2 is 2.06 bits per heavy atom. The topological polar surface area (TPSA) is 72.5 Å². The van der Waals surface area contributed by atoms with Crippen LogP contribution in [0.5, 0.6) is 5.75 Å². The van der Waals surface area contributed by atoms with E-state index in [1.165, 1.54) is 6.07 Å². The molecule has 0 atom stereocenters. The van der Waals surface area contributed by atoms with E-state index in [9.17, 15) is 4.79 Å². The van der Waals surface area contributed by atoms with Gasteiger partial charge in [0.1, 0.15) is 5.75 Å². The molecular weight excluding hydrogens is 206 g/mol. The molecule has 4 nitrogen and oxygen atoms in total. The highest BCUT2D eigenvalue weighted by molar-refractivity contribution is 6.00. The van der Waals surface area contributed by atoms with Crippen molar-refractivity contribution < 1.29 is 14.6 Å². The SMILES string of the molecule is COc1ccc2cc(C(=O)O)ccc2c1N. The van der Waals surface area contributed by atoms with Crippen LogP contribution in [0.1, 0.15) is 10.4 Å². The second-order valence-electron chi connectivity index (χ2n) is 3.42. The molecule has 4 heteroatoms. The van der Waals surface area contributed by atoms with E-state index in [0.29, 0.717) is 11.4 Å². The number of hydrogen-bond acceptors (Lipinski definition) is 3. The van der Waals surface area contributed by atoms with Crippen LogP contribution >= 0.6 is 0 Å². The summed E-state index contributed by atoms with van der Waals surface area (Å²) in [4.78, 5) is 10.8. The number of fused-ring (bicyclic) bond motifs is 1. The highest BCUT2D eigenvalue weighted by Crippen LogP contribution is 2.30. The second-order valence-corrected chi connectivity index (χ2v) is 3.42. The molecule has 2 aromatic rings. The van der Waals surface area contributed by atoms with E-state index in [2.05, 4.69) is 0 Å². The van der Waals surface area contributed by atoms with Crippen molar-refractivity contribution in [2.24, 2.45) is 0 Å². The summed E-state index contributed by atoms with van der Waals surface area (Å²) in [6.45, 7) is 0. The molecule has 0 aliphatic heterocycles. The van der Waals surface area contributed by atoms with Gasteiger partial charge in [0.2, 0.25) is 0 Å². The minimum Gasteiger partial charge on any atom is -0.495 e. The van der Waals surface area contributed by atoms with Gasteiger partial charge in [-0.1, -0.05) is 12.1 Å². The molecule has 0 bridgehead atoms. The van der Waals surface area contributed by atoms with Gasteiger partial charge >= 0.3 is 5.97 Å². The molecule has 0 saturated carbocycles. The lowest BCUT2D eigenvalue weighted by Crippen LogP contribution is -1.97. The number of hydrogen-bond donors (Lipinski definition) is 2. The molecule has 16 heavy (non-hydrogen) atoms. The minimum absolute atomic E-state index is 0.247. The first-order chi connectivity index (χ1) is 7.63. The first kappa shape index (κ1) is 10.3. The van der Waals surface area contributed by atoms with Crippen LogP contribution in [-0.2, 0) is 0 Å². The molecule has 0 saturated heterocycles. The van der Waals surface area contributed by atoms with Crippen molar-refractivity contribution in [2.75, 3.05) is 12.8 Å². The third kappa shape index (κ3) is 1.54. The molecular formula is C12H11NO3. The molecule has 0 amide bonds. The van der Waals surface area contributed by atoms with E-state index in [4.69, 9.17) is 15.6 Å². The lowest BCUT2D eigenvalue weighted by molar-refractivity contribution is 0.0697. The van der Waals surface area contributed by atoms with Crippen LogP contribution in [0.3, 0.4) is 0 Å². The Hall–Kier alpha value is -2.23. The zero-order chi connectivity index (χ0) is 11.7. The summed E-state index contributed by atoms with van der Waals surface area (Å²) in [5.41, 5.74) is 6.66. The molecule has 0 aliphatic carbocycles. The number of nitrogens with two attached hydrogens (primary N) is 1. The largest absolute Gasteiger partial charge is 0.495 e. The van der Waals surface area contributed by atoms with Crippen molar-refractivity contribution in [2.45, 2.75) is 0 Å². The highest BCUT2D eigenvalue weighted by Gasteiger charge is 2.07. The number of benzene rings is 2. The first-order valence-corrected chi connectivity index (χ1v) is 4.73. The predicted octanol–water partition coefficient (Wildman–Crippen LogP) is 2.13. The summed E-state index contributed by atoms with van der Waals surface area (Å²) < 4.78 is 5.09. The van der Waals surface area contributed by atoms with E-state index in [1.807, 2.05) is 0 Å². The average molecular weight is 217 g/mol. The van der Waals surface area contributed by atoms with Gasteiger partial charge in [-0.15, -0.1) is 0 Å². The highest BCUT2D eigenvalue weighted by atomic mass is 16.5. The van der Waals surface area contributed by atoms with Crippen LogP contribution in [0.25, 0.3) is 10.8 Å². The zero-order valence-corrected chi connectivity index (χ0v) is 8.73. The van der Waals surface area contributed by atoms with Gasteiger partial charge in [-0.3, -0.25) is 0 Å². The van der Waals surface area contributed by atoms with Crippen molar-refractivity contribution in [3.63, 3.8) is 0 Å². The fourth-order valence-electron chi connectivity index (χ4n) is 1.64. The zero-order valence-electron chi connectivity index (χ0n) is 8.73. The summed E-state index contributed by atoms with van der Waals surface area (Å²) in [7, 11) is 1.54. The number of carboxylic acids is 1. The molecule has 3 N–H and O–H groups in total. The van der Waals surface area contributed by atoms with Crippen LogP contribution < -0.4 is 10.5 Å². The molecule has 2 rings (SSSR count). The summed E-state index contributed by atoms with van der Waals surface area (Å²) in [5.74, 6) is -0.355. The quantitative estimate of drug-likeness (QED) is 0.756. The van der Waals surface area contributed by atoms with Gasteiger partial charge in [-0.05, 0) is 23.6 Å². The van der Waals surface area contributed by atoms with Gasteiger partial charge in [0.15, 0.2) is 0 Å².